The number of hydrogen-bond donors (Lipinski definition) is 1. The smallest absolute Gasteiger partial charge is 0.124 e. The van der Waals surface area contributed by atoms with E-state index in [-0.39, 0.29) is 5.75 Å². The van der Waals surface area contributed by atoms with Gasteiger partial charge in [0.25, 0.3) is 0 Å². The van der Waals surface area contributed by atoms with Crippen LogP contribution in [0.1, 0.15) is 0 Å². The fourth-order valence-electron chi connectivity index (χ4n) is 2.19. The highest BCUT2D eigenvalue weighted by Crippen LogP contribution is 2.26. The van der Waals surface area contributed by atoms with E-state index in [2.05, 4.69) is 4.98 Å². The topological polar surface area (TPSA) is 56.5 Å². The molecule has 1 N–H and O–H groups in total. The molecule has 0 saturated carbocycles. The van der Waals surface area contributed by atoms with Gasteiger partial charge in [-0.25, -0.2) is 4.98 Å². The summed E-state index contributed by atoms with van der Waals surface area (Å²) >= 11 is 0. The Morgan fingerprint density at radius 3 is 2.18 bits per heavy atom. The predicted molar refractivity (Wildman–Crippen MR) is 83.8 cm³/mol. The molecule has 3 aromatic rings. The number of phenols is 1. The Kier molecular flexibility index (Phi) is 3.70. The zero-order chi connectivity index (χ0) is 15.5. The van der Waals surface area contributed by atoms with Gasteiger partial charge in [-0.3, -0.25) is 0 Å². The van der Waals surface area contributed by atoms with Crippen molar-refractivity contribution < 1.29 is 14.6 Å². The number of aromatic nitrogens is 2. The largest absolute Gasteiger partial charge is 0.508 e. The van der Waals surface area contributed by atoms with Gasteiger partial charge in [0.2, 0.25) is 0 Å². The third-order valence-electron chi connectivity index (χ3n) is 3.38. The van der Waals surface area contributed by atoms with Crippen molar-refractivity contribution in [2.75, 3.05) is 14.2 Å². The second-order valence-corrected chi connectivity index (χ2v) is 4.78. The molecule has 5 nitrogen and oxygen atoms in total. The Labute approximate surface area is 128 Å². The average molecular weight is 296 g/mol. The zero-order valence-electron chi connectivity index (χ0n) is 12.4. The molecule has 1 heterocycles. The first-order chi connectivity index (χ1) is 10.7. The number of aromatic hydroxyl groups is 1. The summed E-state index contributed by atoms with van der Waals surface area (Å²) in [6.45, 7) is 0. The maximum Gasteiger partial charge on any atom is 0.124 e. The first kappa shape index (κ1) is 14.0. The summed E-state index contributed by atoms with van der Waals surface area (Å²) in [6, 6.07) is 12.6. The van der Waals surface area contributed by atoms with Crippen LogP contribution in [0.25, 0.3) is 16.9 Å². The Morgan fingerprint density at radius 2 is 1.59 bits per heavy atom. The first-order valence-electron chi connectivity index (χ1n) is 6.76. The van der Waals surface area contributed by atoms with Crippen molar-refractivity contribution in [2.45, 2.75) is 0 Å². The number of phenolic OH excluding ortho intramolecular Hbond substituents is 1. The van der Waals surface area contributed by atoms with Gasteiger partial charge < -0.3 is 19.1 Å². The third-order valence-corrected chi connectivity index (χ3v) is 3.38. The summed E-state index contributed by atoms with van der Waals surface area (Å²) in [5, 5.41) is 9.35. The molecule has 0 aliphatic carbocycles. The normalized spacial score (nSPS) is 10.5. The van der Waals surface area contributed by atoms with Crippen LogP contribution in [0.15, 0.2) is 55.0 Å². The Morgan fingerprint density at radius 1 is 0.955 bits per heavy atom. The number of ether oxygens (including phenoxy) is 2. The lowest BCUT2D eigenvalue weighted by Gasteiger charge is -2.08. The molecule has 0 atom stereocenters. The lowest BCUT2D eigenvalue weighted by molar-refractivity contribution is 0.394. The minimum Gasteiger partial charge on any atom is -0.508 e. The summed E-state index contributed by atoms with van der Waals surface area (Å²) in [4.78, 5) is 4.40. The maximum absolute atomic E-state index is 9.35. The van der Waals surface area contributed by atoms with E-state index in [0.29, 0.717) is 11.5 Å². The van der Waals surface area contributed by atoms with Crippen molar-refractivity contribution in [3.05, 3.63) is 55.0 Å². The van der Waals surface area contributed by atoms with E-state index in [4.69, 9.17) is 9.47 Å². The van der Waals surface area contributed by atoms with Gasteiger partial charge >= 0.3 is 0 Å². The Hall–Kier alpha value is -2.95. The quantitative estimate of drug-likeness (QED) is 0.803. The fraction of sp³-hybridized carbons (Fsp3) is 0.118. The van der Waals surface area contributed by atoms with Crippen LogP contribution in [0.4, 0.5) is 0 Å². The van der Waals surface area contributed by atoms with Crippen LogP contribution in [-0.4, -0.2) is 28.9 Å². The van der Waals surface area contributed by atoms with Crippen LogP contribution in [0.2, 0.25) is 0 Å². The van der Waals surface area contributed by atoms with Gasteiger partial charge in [-0.2, -0.15) is 0 Å². The molecule has 0 bridgehead atoms. The molecule has 0 unspecified atom stereocenters. The van der Waals surface area contributed by atoms with Gasteiger partial charge in [-0.05, 0) is 24.3 Å². The molecular weight excluding hydrogens is 280 g/mol. The van der Waals surface area contributed by atoms with Crippen molar-refractivity contribution in [1.29, 1.82) is 0 Å². The number of imidazole rings is 1. The molecule has 0 spiro atoms. The highest BCUT2D eigenvalue weighted by Gasteiger charge is 2.07. The molecule has 0 amide bonds. The lowest BCUT2D eigenvalue weighted by Crippen LogP contribution is -1.94. The first-order valence-corrected chi connectivity index (χ1v) is 6.76. The fourth-order valence-corrected chi connectivity index (χ4v) is 2.19. The molecule has 0 aliphatic rings. The summed E-state index contributed by atoms with van der Waals surface area (Å²) in [6.07, 6.45) is 3.65. The minimum atomic E-state index is 0.237. The van der Waals surface area contributed by atoms with Gasteiger partial charge in [0.1, 0.15) is 17.2 Å². The van der Waals surface area contributed by atoms with Crippen LogP contribution in [0.3, 0.4) is 0 Å². The second-order valence-electron chi connectivity index (χ2n) is 4.78. The maximum atomic E-state index is 9.35. The predicted octanol–water partition coefficient (Wildman–Crippen LogP) is 3.26. The molecule has 22 heavy (non-hydrogen) atoms. The molecule has 2 aromatic carbocycles. The molecule has 0 aliphatic heterocycles. The van der Waals surface area contributed by atoms with Gasteiger partial charge in [0.15, 0.2) is 0 Å². The molecule has 0 fully saturated rings. The van der Waals surface area contributed by atoms with Gasteiger partial charge in [-0.1, -0.05) is 0 Å². The number of rotatable bonds is 4. The molecule has 3 rings (SSSR count). The van der Waals surface area contributed by atoms with Crippen molar-refractivity contribution in [2.24, 2.45) is 0 Å². The number of nitrogens with zero attached hydrogens (tertiary/aromatic N) is 2. The van der Waals surface area contributed by atoms with Crippen LogP contribution in [0.5, 0.6) is 17.2 Å². The highest BCUT2D eigenvalue weighted by atomic mass is 16.5. The molecule has 112 valence electrons. The van der Waals surface area contributed by atoms with Gasteiger partial charge in [0, 0.05) is 30.0 Å². The molecular formula is C17H16N2O3. The molecule has 5 heteroatoms. The summed E-state index contributed by atoms with van der Waals surface area (Å²) in [7, 11) is 3.24. The average Bonchev–Trinajstić information content (AvgIpc) is 3.05. The number of methoxy groups -OCH3 is 2. The van der Waals surface area contributed by atoms with E-state index < -0.39 is 0 Å². The SMILES string of the molecule is COc1cc(OC)cc(-n2cnc(-c3ccc(O)cc3)c2)c1. The van der Waals surface area contributed by atoms with E-state index in [1.54, 1.807) is 32.7 Å². The van der Waals surface area contributed by atoms with Crippen molar-refractivity contribution in [1.82, 2.24) is 9.55 Å². The van der Waals surface area contributed by atoms with Crippen LogP contribution in [0, 0.1) is 0 Å². The third kappa shape index (κ3) is 2.74. The van der Waals surface area contributed by atoms with Crippen molar-refractivity contribution >= 4 is 0 Å². The van der Waals surface area contributed by atoms with E-state index in [9.17, 15) is 5.11 Å². The van der Waals surface area contributed by atoms with Crippen LogP contribution < -0.4 is 9.47 Å². The summed E-state index contributed by atoms with van der Waals surface area (Å²) < 4.78 is 12.5. The number of hydrogen-bond acceptors (Lipinski definition) is 4. The van der Waals surface area contributed by atoms with Crippen molar-refractivity contribution in [3.63, 3.8) is 0 Å². The van der Waals surface area contributed by atoms with Crippen LogP contribution >= 0.6 is 0 Å². The Bertz CT molecular complexity index is 757. The van der Waals surface area contributed by atoms with E-state index in [1.807, 2.05) is 41.1 Å². The second kappa shape index (κ2) is 5.81. The zero-order valence-corrected chi connectivity index (χ0v) is 12.4. The van der Waals surface area contributed by atoms with Gasteiger partial charge in [0.05, 0.1) is 31.9 Å². The summed E-state index contributed by atoms with van der Waals surface area (Å²) in [5.74, 6) is 1.67. The molecule has 0 radical (unpaired) electrons. The Balaban J connectivity index is 1.98. The monoisotopic (exact) mass is 296 g/mol. The minimum absolute atomic E-state index is 0.237. The van der Waals surface area contributed by atoms with Gasteiger partial charge in [-0.15, -0.1) is 0 Å². The van der Waals surface area contributed by atoms with E-state index in [0.717, 1.165) is 16.9 Å². The highest BCUT2D eigenvalue weighted by molar-refractivity contribution is 5.60. The van der Waals surface area contributed by atoms with E-state index in [1.165, 1.54) is 0 Å². The van der Waals surface area contributed by atoms with E-state index >= 15 is 0 Å². The molecule has 0 saturated heterocycles. The van der Waals surface area contributed by atoms with Crippen LogP contribution in [-0.2, 0) is 0 Å². The number of benzene rings is 2. The lowest BCUT2D eigenvalue weighted by atomic mass is 10.2. The molecule has 1 aromatic heterocycles. The summed E-state index contributed by atoms with van der Waals surface area (Å²) in [5.41, 5.74) is 2.65. The van der Waals surface area contributed by atoms with Crippen molar-refractivity contribution in [3.8, 4) is 34.2 Å². The standard InChI is InChI=1S/C17H16N2O3/c1-21-15-7-13(8-16(9-15)22-2)19-10-17(18-11-19)12-3-5-14(20)6-4-12/h3-11,20H,1-2H3.